The number of carbonyl (C=O) groups is 3. The molecule has 2 N–H and O–H groups in total. The van der Waals surface area contributed by atoms with Crippen molar-refractivity contribution in [1.82, 2.24) is 10.6 Å². The number of esters is 1. The first-order valence-electron chi connectivity index (χ1n) is 14.2. The highest BCUT2D eigenvalue weighted by molar-refractivity contribution is 8.00. The summed E-state index contributed by atoms with van der Waals surface area (Å²) in [4.78, 5) is 39.2. The van der Waals surface area contributed by atoms with Gasteiger partial charge in [0, 0.05) is 5.75 Å². The maximum absolute atomic E-state index is 13.7. The third-order valence-corrected chi connectivity index (χ3v) is 8.67. The van der Waals surface area contributed by atoms with E-state index >= 15 is 0 Å². The molecule has 0 unspecified atom stereocenters. The Kier molecular flexibility index (Phi) is 11.8. The predicted molar refractivity (Wildman–Crippen MR) is 174 cm³/mol. The summed E-state index contributed by atoms with van der Waals surface area (Å²) in [5, 5.41) is 5.48. The molecule has 226 valence electrons. The minimum absolute atomic E-state index is 0.0391. The molecule has 4 aromatic carbocycles. The van der Waals surface area contributed by atoms with E-state index < -0.39 is 34.8 Å². The number of thioether (sulfide) groups is 1. The predicted octanol–water partition coefficient (Wildman–Crippen LogP) is 6.24. The molecule has 0 fully saturated rings. The van der Waals surface area contributed by atoms with Crippen molar-refractivity contribution in [2.45, 2.75) is 29.9 Å². The lowest BCUT2D eigenvalue weighted by molar-refractivity contribution is -0.145. The summed E-state index contributed by atoms with van der Waals surface area (Å²) in [5.41, 5.74) is 3.83. The zero-order valence-corrected chi connectivity index (χ0v) is 25.4. The van der Waals surface area contributed by atoms with E-state index in [1.165, 1.54) is 24.9 Å². The number of nitrogens with one attached hydrogen (secondary N) is 2. The summed E-state index contributed by atoms with van der Waals surface area (Å²) in [6, 6.07) is 37.4. The molecule has 0 aliphatic heterocycles. The number of hydrogen-bond donors (Lipinski definition) is 2. The molecule has 4 aromatic rings. The van der Waals surface area contributed by atoms with Crippen molar-refractivity contribution in [1.29, 1.82) is 0 Å². The van der Waals surface area contributed by atoms with Crippen molar-refractivity contribution < 1.29 is 23.9 Å². The zero-order valence-electron chi connectivity index (χ0n) is 24.6. The Morgan fingerprint density at radius 2 is 1.23 bits per heavy atom. The SMILES string of the molecule is C=CC[C@H](NC(=O)[C@H](CSC(c1ccccc1)(c1ccccc1)c1ccccc1)NC(=O)OCc1ccccc1)C(=O)OC. The van der Waals surface area contributed by atoms with Crippen molar-refractivity contribution in [3.63, 3.8) is 0 Å². The van der Waals surface area contributed by atoms with Gasteiger partial charge in [0.15, 0.2) is 0 Å². The summed E-state index contributed by atoms with van der Waals surface area (Å²) < 4.78 is 9.62. The zero-order chi connectivity index (χ0) is 31.2. The number of alkyl carbamates (subject to hydrolysis) is 1. The Bertz CT molecular complexity index is 1400. The second kappa shape index (κ2) is 16.1. The summed E-state index contributed by atoms with van der Waals surface area (Å²) in [6.07, 6.45) is 0.939. The molecular formula is C36H36N2O5S. The number of hydrogen-bond acceptors (Lipinski definition) is 6. The van der Waals surface area contributed by atoms with Gasteiger partial charge < -0.3 is 20.1 Å². The van der Waals surface area contributed by atoms with E-state index in [0.717, 1.165) is 22.3 Å². The van der Waals surface area contributed by atoms with E-state index in [-0.39, 0.29) is 18.8 Å². The van der Waals surface area contributed by atoms with E-state index in [0.29, 0.717) is 0 Å². The van der Waals surface area contributed by atoms with Crippen molar-refractivity contribution in [3.8, 4) is 0 Å². The maximum Gasteiger partial charge on any atom is 0.408 e. The van der Waals surface area contributed by atoms with Gasteiger partial charge in [-0.05, 0) is 28.7 Å². The van der Waals surface area contributed by atoms with Crippen LogP contribution in [-0.2, 0) is 30.4 Å². The normalized spacial score (nSPS) is 12.3. The number of carbonyl (C=O) groups excluding carboxylic acids is 3. The number of rotatable bonds is 14. The summed E-state index contributed by atoms with van der Waals surface area (Å²) >= 11 is 1.51. The van der Waals surface area contributed by atoms with Crippen LogP contribution in [0.25, 0.3) is 0 Å². The molecule has 0 saturated heterocycles. The van der Waals surface area contributed by atoms with Crippen LogP contribution in [0.1, 0.15) is 28.7 Å². The van der Waals surface area contributed by atoms with Crippen LogP contribution in [0.2, 0.25) is 0 Å². The Morgan fingerprint density at radius 3 is 1.68 bits per heavy atom. The number of amides is 2. The fourth-order valence-electron chi connectivity index (χ4n) is 4.86. The van der Waals surface area contributed by atoms with Crippen LogP contribution in [0, 0.1) is 0 Å². The average molecular weight is 609 g/mol. The van der Waals surface area contributed by atoms with Crippen molar-refractivity contribution in [3.05, 3.63) is 156 Å². The third-order valence-electron chi connectivity index (χ3n) is 7.03. The molecule has 0 heterocycles. The van der Waals surface area contributed by atoms with Gasteiger partial charge in [0.25, 0.3) is 0 Å². The lowest BCUT2D eigenvalue weighted by Gasteiger charge is -2.36. The highest BCUT2D eigenvalue weighted by Gasteiger charge is 2.39. The van der Waals surface area contributed by atoms with Gasteiger partial charge in [0.1, 0.15) is 18.7 Å². The quantitative estimate of drug-likeness (QED) is 0.100. The highest BCUT2D eigenvalue weighted by Crippen LogP contribution is 2.48. The van der Waals surface area contributed by atoms with Gasteiger partial charge in [0.2, 0.25) is 5.91 Å². The van der Waals surface area contributed by atoms with Crippen LogP contribution in [0.15, 0.2) is 134 Å². The molecule has 0 aromatic heterocycles. The Hall–Kier alpha value is -4.82. The first kappa shape index (κ1) is 32.1. The van der Waals surface area contributed by atoms with E-state index in [1.54, 1.807) is 0 Å². The van der Waals surface area contributed by atoms with Gasteiger partial charge in [-0.25, -0.2) is 9.59 Å². The highest BCUT2D eigenvalue weighted by atomic mass is 32.2. The number of ether oxygens (including phenoxy) is 2. The van der Waals surface area contributed by atoms with E-state index in [4.69, 9.17) is 9.47 Å². The maximum atomic E-state index is 13.7. The van der Waals surface area contributed by atoms with Gasteiger partial charge in [-0.15, -0.1) is 18.3 Å². The largest absolute Gasteiger partial charge is 0.467 e. The number of methoxy groups -OCH3 is 1. The van der Waals surface area contributed by atoms with Crippen molar-refractivity contribution in [2.24, 2.45) is 0 Å². The Balaban J connectivity index is 1.69. The summed E-state index contributed by atoms with van der Waals surface area (Å²) in [5.74, 6) is -1.01. The van der Waals surface area contributed by atoms with Crippen LogP contribution >= 0.6 is 11.8 Å². The molecule has 0 saturated carbocycles. The molecule has 0 aliphatic rings. The van der Waals surface area contributed by atoms with E-state index in [1.807, 2.05) is 84.9 Å². The molecule has 2 amide bonds. The lowest BCUT2D eigenvalue weighted by atomic mass is 9.84. The van der Waals surface area contributed by atoms with Crippen LogP contribution < -0.4 is 10.6 Å². The van der Waals surface area contributed by atoms with Crippen LogP contribution in [-0.4, -0.2) is 42.9 Å². The second-order valence-electron chi connectivity index (χ2n) is 9.96. The molecule has 0 radical (unpaired) electrons. The topological polar surface area (TPSA) is 93.7 Å². The Labute approximate surface area is 262 Å². The fraction of sp³-hybridized carbons (Fsp3) is 0.194. The molecule has 7 nitrogen and oxygen atoms in total. The minimum Gasteiger partial charge on any atom is -0.467 e. The van der Waals surface area contributed by atoms with Gasteiger partial charge in [0.05, 0.1) is 11.9 Å². The standard InChI is InChI=1S/C36H36N2O5S/c1-3-16-31(34(40)42-2)37-33(39)32(38-35(41)43-25-27-17-8-4-9-18-27)26-44-36(28-19-10-5-11-20-28,29-21-12-6-13-22-29)30-23-14-7-15-24-30/h3-15,17-24,31-32H,1,16,25-26H2,2H3,(H,37,39)(H,38,41)/t31-,32-/m0/s1. The molecule has 0 aliphatic carbocycles. The molecule has 4 rings (SSSR count). The van der Waals surface area contributed by atoms with Crippen molar-refractivity contribution >= 4 is 29.7 Å². The minimum atomic E-state index is -1.06. The van der Waals surface area contributed by atoms with Gasteiger partial charge in [-0.1, -0.05) is 127 Å². The Morgan fingerprint density at radius 1 is 0.750 bits per heavy atom. The van der Waals surface area contributed by atoms with Crippen LogP contribution in [0.3, 0.4) is 0 Å². The average Bonchev–Trinajstić information content (AvgIpc) is 3.08. The molecule has 8 heteroatoms. The van der Waals surface area contributed by atoms with Crippen molar-refractivity contribution in [2.75, 3.05) is 12.9 Å². The molecular weight excluding hydrogens is 572 g/mol. The third kappa shape index (κ3) is 8.17. The first-order chi connectivity index (χ1) is 21.5. The molecule has 44 heavy (non-hydrogen) atoms. The first-order valence-corrected chi connectivity index (χ1v) is 15.2. The van der Waals surface area contributed by atoms with Crippen LogP contribution in [0.4, 0.5) is 4.79 Å². The summed E-state index contributed by atoms with van der Waals surface area (Å²) in [7, 11) is 1.26. The summed E-state index contributed by atoms with van der Waals surface area (Å²) in [6.45, 7) is 3.73. The smallest absolute Gasteiger partial charge is 0.408 e. The molecule has 0 bridgehead atoms. The fourth-order valence-corrected chi connectivity index (χ4v) is 6.42. The monoisotopic (exact) mass is 608 g/mol. The second-order valence-corrected chi connectivity index (χ2v) is 11.2. The number of benzene rings is 4. The van der Waals surface area contributed by atoms with Gasteiger partial charge in [-0.3, -0.25) is 4.79 Å². The molecule has 2 atom stereocenters. The van der Waals surface area contributed by atoms with Crippen LogP contribution in [0.5, 0.6) is 0 Å². The van der Waals surface area contributed by atoms with Gasteiger partial charge in [-0.2, -0.15) is 0 Å². The lowest BCUT2D eigenvalue weighted by Crippen LogP contribution is -2.53. The molecule has 0 spiro atoms. The van der Waals surface area contributed by atoms with E-state index in [2.05, 4.69) is 53.6 Å². The van der Waals surface area contributed by atoms with Gasteiger partial charge >= 0.3 is 12.1 Å². The van der Waals surface area contributed by atoms with E-state index in [9.17, 15) is 14.4 Å².